The second kappa shape index (κ2) is 11.6. The number of hydrogen-bond acceptors (Lipinski definition) is 3. The van der Waals surface area contributed by atoms with Crippen molar-refractivity contribution in [1.29, 1.82) is 0 Å². The Labute approximate surface area is 179 Å². The van der Waals surface area contributed by atoms with Gasteiger partial charge in [0.1, 0.15) is 6.10 Å². The summed E-state index contributed by atoms with van der Waals surface area (Å²) in [6.45, 7) is 6.72. The normalized spacial score (nSPS) is 18.2. The predicted octanol–water partition coefficient (Wildman–Crippen LogP) is 3.32. The summed E-state index contributed by atoms with van der Waals surface area (Å²) >= 11 is 0. The molecule has 0 aliphatic carbocycles. The van der Waals surface area contributed by atoms with Crippen LogP contribution in [0, 0.1) is 11.7 Å². The maximum atomic E-state index is 13.7. The van der Waals surface area contributed by atoms with Crippen LogP contribution in [-0.2, 0) is 6.42 Å². The van der Waals surface area contributed by atoms with Gasteiger partial charge in [0.2, 0.25) is 0 Å². The summed E-state index contributed by atoms with van der Waals surface area (Å²) < 4.78 is 19.4. The summed E-state index contributed by atoms with van der Waals surface area (Å²) in [5.41, 5.74) is 1.40. The third-order valence-corrected chi connectivity index (χ3v) is 5.43. The molecule has 2 N–H and O–H groups in total. The van der Waals surface area contributed by atoms with Gasteiger partial charge in [-0.3, -0.25) is 4.99 Å². The van der Waals surface area contributed by atoms with Gasteiger partial charge < -0.3 is 20.3 Å². The Morgan fingerprint density at radius 3 is 2.70 bits per heavy atom. The Bertz CT molecular complexity index is 799. The molecule has 2 atom stereocenters. The van der Waals surface area contributed by atoms with E-state index in [9.17, 15) is 4.39 Å². The zero-order valence-electron chi connectivity index (χ0n) is 18.0. The maximum Gasteiger partial charge on any atom is 0.191 e. The van der Waals surface area contributed by atoms with E-state index in [1.54, 1.807) is 25.2 Å². The highest BCUT2D eigenvalue weighted by Gasteiger charge is 2.22. The zero-order valence-corrected chi connectivity index (χ0v) is 18.0. The van der Waals surface area contributed by atoms with Crippen LogP contribution >= 0.6 is 0 Å². The number of hydrogen-bond donors (Lipinski definition) is 2. The van der Waals surface area contributed by atoms with E-state index in [4.69, 9.17) is 4.74 Å². The fourth-order valence-corrected chi connectivity index (χ4v) is 3.72. The molecule has 30 heavy (non-hydrogen) atoms. The van der Waals surface area contributed by atoms with Crippen molar-refractivity contribution in [2.24, 2.45) is 10.9 Å². The number of ether oxygens (including phenoxy) is 1. The van der Waals surface area contributed by atoms with Crippen LogP contribution in [0.4, 0.5) is 4.39 Å². The number of nitrogens with zero attached hydrogens (tertiary/aromatic N) is 2. The van der Waals surface area contributed by atoms with Crippen LogP contribution in [0.2, 0.25) is 0 Å². The van der Waals surface area contributed by atoms with E-state index < -0.39 is 0 Å². The highest BCUT2D eigenvalue weighted by molar-refractivity contribution is 5.79. The van der Waals surface area contributed by atoms with E-state index in [0.29, 0.717) is 12.5 Å². The van der Waals surface area contributed by atoms with Gasteiger partial charge in [0.25, 0.3) is 0 Å². The molecule has 6 heteroatoms. The topological polar surface area (TPSA) is 48.9 Å². The quantitative estimate of drug-likeness (QED) is 0.490. The molecule has 1 fully saturated rings. The number of likely N-dealkylation sites (tertiary alicyclic amines) is 1. The lowest BCUT2D eigenvalue weighted by Gasteiger charge is -2.19. The molecule has 2 aromatic rings. The molecule has 2 unspecified atom stereocenters. The largest absolute Gasteiger partial charge is 0.486 e. The van der Waals surface area contributed by atoms with Gasteiger partial charge in [-0.05, 0) is 49.9 Å². The standard InChI is InChI=1S/C24H33FN4O/c1-19(30-23-11-7-6-10-22(23)25)16-27-24(26-2)28-17-21-13-15-29(18-21)14-12-20-8-4-3-5-9-20/h3-11,19,21H,12-18H2,1-2H3,(H2,26,27,28). The second-order valence-corrected chi connectivity index (χ2v) is 7.88. The van der Waals surface area contributed by atoms with Crippen molar-refractivity contribution in [3.63, 3.8) is 0 Å². The third kappa shape index (κ3) is 7.02. The number of halogens is 1. The van der Waals surface area contributed by atoms with E-state index in [1.165, 1.54) is 18.1 Å². The fraction of sp³-hybridized carbons (Fsp3) is 0.458. The van der Waals surface area contributed by atoms with Gasteiger partial charge in [0, 0.05) is 26.7 Å². The van der Waals surface area contributed by atoms with Crippen LogP contribution in [-0.4, -0.2) is 56.7 Å². The highest BCUT2D eigenvalue weighted by Crippen LogP contribution is 2.17. The molecule has 162 valence electrons. The summed E-state index contributed by atoms with van der Waals surface area (Å²) in [6.07, 6.45) is 2.12. The maximum absolute atomic E-state index is 13.7. The minimum absolute atomic E-state index is 0.180. The molecule has 1 saturated heterocycles. The van der Waals surface area contributed by atoms with Crippen LogP contribution in [0.3, 0.4) is 0 Å². The number of para-hydroxylation sites is 1. The molecule has 2 aromatic carbocycles. The molecule has 0 aromatic heterocycles. The summed E-state index contributed by atoms with van der Waals surface area (Å²) in [5.74, 6) is 1.30. The monoisotopic (exact) mass is 412 g/mol. The molecule has 0 amide bonds. The number of guanidine groups is 1. The predicted molar refractivity (Wildman–Crippen MR) is 121 cm³/mol. The molecular formula is C24H33FN4O. The van der Waals surface area contributed by atoms with Crippen LogP contribution in [0.1, 0.15) is 18.9 Å². The first-order valence-corrected chi connectivity index (χ1v) is 10.8. The Hall–Kier alpha value is -2.60. The minimum atomic E-state index is -0.343. The first kappa shape index (κ1) is 22.1. The third-order valence-electron chi connectivity index (χ3n) is 5.43. The minimum Gasteiger partial charge on any atom is -0.486 e. The van der Waals surface area contributed by atoms with E-state index in [-0.39, 0.29) is 17.7 Å². The van der Waals surface area contributed by atoms with Crippen LogP contribution in [0.15, 0.2) is 59.6 Å². The Balaban J connectivity index is 1.34. The molecule has 5 nitrogen and oxygen atoms in total. The zero-order chi connectivity index (χ0) is 21.2. The van der Waals surface area contributed by atoms with Crippen LogP contribution < -0.4 is 15.4 Å². The smallest absolute Gasteiger partial charge is 0.191 e. The van der Waals surface area contributed by atoms with Gasteiger partial charge in [0.05, 0.1) is 6.54 Å². The molecule has 0 bridgehead atoms. The molecule has 0 saturated carbocycles. The molecule has 1 aliphatic heterocycles. The molecule has 0 spiro atoms. The molecule has 1 heterocycles. The fourth-order valence-electron chi connectivity index (χ4n) is 3.72. The van der Waals surface area contributed by atoms with Gasteiger partial charge in [-0.2, -0.15) is 0 Å². The molecule has 0 radical (unpaired) electrons. The van der Waals surface area contributed by atoms with Crippen molar-refractivity contribution in [2.45, 2.75) is 25.9 Å². The van der Waals surface area contributed by atoms with Crippen molar-refractivity contribution in [1.82, 2.24) is 15.5 Å². The lowest BCUT2D eigenvalue weighted by atomic mass is 10.1. The van der Waals surface area contributed by atoms with E-state index in [2.05, 4.69) is 50.9 Å². The van der Waals surface area contributed by atoms with Crippen molar-refractivity contribution < 1.29 is 9.13 Å². The van der Waals surface area contributed by atoms with E-state index >= 15 is 0 Å². The number of rotatable bonds is 9. The van der Waals surface area contributed by atoms with Gasteiger partial charge in [-0.1, -0.05) is 42.5 Å². The van der Waals surface area contributed by atoms with Gasteiger partial charge >= 0.3 is 0 Å². The Morgan fingerprint density at radius 2 is 1.93 bits per heavy atom. The van der Waals surface area contributed by atoms with Crippen molar-refractivity contribution in [3.05, 3.63) is 66.0 Å². The van der Waals surface area contributed by atoms with Crippen LogP contribution in [0.25, 0.3) is 0 Å². The van der Waals surface area contributed by atoms with Gasteiger partial charge in [-0.15, -0.1) is 0 Å². The lowest BCUT2D eigenvalue weighted by Crippen LogP contribution is -2.43. The van der Waals surface area contributed by atoms with Crippen molar-refractivity contribution in [3.8, 4) is 5.75 Å². The van der Waals surface area contributed by atoms with Crippen molar-refractivity contribution in [2.75, 3.05) is 39.8 Å². The van der Waals surface area contributed by atoms with E-state index in [0.717, 1.165) is 38.6 Å². The Kier molecular flexibility index (Phi) is 8.51. The molecular weight excluding hydrogens is 379 g/mol. The first-order valence-electron chi connectivity index (χ1n) is 10.8. The molecule has 3 rings (SSSR count). The average Bonchev–Trinajstić information content (AvgIpc) is 3.23. The number of nitrogens with one attached hydrogen (secondary N) is 2. The number of aliphatic imine (C=N–C) groups is 1. The summed E-state index contributed by atoms with van der Waals surface area (Å²) in [7, 11) is 1.76. The summed E-state index contributed by atoms with van der Waals surface area (Å²) in [5, 5.41) is 6.69. The second-order valence-electron chi connectivity index (χ2n) is 7.88. The Morgan fingerprint density at radius 1 is 1.17 bits per heavy atom. The van der Waals surface area contributed by atoms with Crippen molar-refractivity contribution >= 4 is 5.96 Å². The SMILES string of the molecule is CN=C(NCC1CCN(CCc2ccccc2)C1)NCC(C)Oc1ccccc1F. The summed E-state index contributed by atoms with van der Waals surface area (Å²) in [4.78, 5) is 6.83. The number of benzene rings is 2. The van der Waals surface area contributed by atoms with Crippen LogP contribution in [0.5, 0.6) is 5.75 Å². The lowest BCUT2D eigenvalue weighted by molar-refractivity contribution is 0.214. The van der Waals surface area contributed by atoms with Gasteiger partial charge in [0.15, 0.2) is 17.5 Å². The summed E-state index contributed by atoms with van der Waals surface area (Å²) in [6, 6.07) is 17.1. The van der Waals surface area contributed by atoms with E-state index in [1.807, 2.05) is 6.92 Å². The first-order chi connectivity index (χ1) is 14.6. The molecule has 1 aliphatic rings. The van der Waals surface area contributed by atoms with Gasteiger partial charge in [-0.25, -0.2) is 4.39 Å². The highest BCUT2D eigenvalue weighted by atomic mass is 19.1. The average molecular weight is 413 g/mol.